The zero-order valence-corrected chi connectivity index (χ0v) is 32.7. The summed E-state index contributed by atoms with van der Waals surface area (Å²) < 4.78 is 0. The van der Waals surface area contributed by atoms with Gasteiger partial charge < -0.3 is 4.90 Å². The predicted molar refractivity (Wildman–Crippen MR) is 239 cm³/mol. The van der Waals surface area contributed by atoms with Crippen LogP contribution in [-0.4, -0.2) is 8.07 Å². The Kier molecular flexibility index (Phi) is 6.82. The van der Waals surface area contributed by atoms with Gasteiger partial charge in [-0.15, -0.1) is 0 Å². The van der Waals surface area contributed by atoms with Gasteiger partial charge in [0.15, 0.2) is 0 Å². The number of rotatable bonds is 3. The van der Waals surface area contributed by atoms with Gasteiger partial charge in [-0.05, 0) is 107 Å². The third kappa shape index (κ3) is 4.58. The summed E-state index contributed by atoms with van der Waals surface area (Å²) in [4.78, 5) is 2.59. The van der Waals surface area contributed by atoms with Crippen LogP contribution in [0.4, 0.5) is 17.1 Å². The highest BCUT2D eigenvalue weighted by Gasteiger charge is 2.40. The molecule has 9 aromatic carbocycles. The number of hydrogen-bond acceptors (Lipinski definition) is 1. The number of fused-ring (bicyclic) bond motifs is 8. The van der Waals surface area contributed by atoms with E-state index < -0.39 is 8.07 Å². The van der Waals surface area contributed by atoms with Crippen LogP contribution in [0.2, 0.25) is 13.1 Å². The number of nitrogens with zero attached hydrogens (tertiary/aromatic N) is 1. The van der Waals surface area contributed by atoms with Crippen molar-refractivity contribution in [2.75, 3.05) is 4.90 Å². The van der Waals surface area contributed by atoms with E-state index in [4.69, 9.17) is 0 Å². The van der Waals surface area contributed by atoms with Gasteiger partial charge in [-0.3, -0.25) is 0 Å². The van der Waals surface area contributed by atoms with Crippen LogP contribution in [0.3, 0.4) is 0 Å². The second-order valence-electron chi connectivity index (χ2n) is 16.5. The Morgan fingerprint density at radius 3 is 1.76 bits per heavy atom. The predicted octanol–water partition coefficient (Wildman–Crippen LogP) is 13.4. The van der Waals surface area contributed by atoms with Crippen molar-refractivity contribution >= 4 is 67.8 Å². The van der Waals surface area contributed by atoms with E-state index in [1.165, 1.54) is 104 Å². The van der Waals surface area contributed by atoms with E-state index in [-0.39, 0.29) is 5.41 Å². The summed E-state index contributed by atoms with van der Waals surface area (Å²) in [6.45, 7) is 9.78. The Bertz CT molecular complexity index is 3010. The fraction of sp³-hybridized carbons (Fsp3) is 0.0943. The average molecular weight is 720 g/mol. The first-order chi connectivity index (χ1) is 26.8. The van der Waals surface area contributed by atoms with Crippen molar-refractivity contribution in [3.63, 3.8) is 0 Å². The smallest absolute Gasteiger partial charge is 0.117 e. The molecule has 0 saturated heterocycles. The normalized spacial score (nSPS) is 14.8. The molecule has 1 aliphatic carbocycles. The quantitative estimate of drug-likeness (QED) is 0.130. The molecule has 0 N–H and O–H groups in total. The van der Waals surface area contributed by atoms with Gasteiger partial charge in [-0.1, -0.05) is 173 Å². The third-order valence-corrected chi connectivity index (χ3v) is 16.3. The molecule has 11 rings (SSSR count). The molecule has 0 unspecified atom stereocenters. The molecule has 55 heavy (non-hydrogen) atoms. The van der Waals surface area contributed by atoms with Crippen LogP contribution in [0, 0.1) is 0 Å². The topological polar surface area (TPSA) is 3.24 Å². The van der Waals surface area contributed by atoms with Crippen molar-refractivity contribution in [1.82, 2.24) is 0 Å². The molecule has 1 heterocycles. The van der Waals surface area contributed by atoms with Gasteiger partial charge in [-0.25, -0.2) is 0 Å². The Morgan fingerprint density at radius 2 is 0.982 bits per heavy atom. The Balaban J connectivity index is 1.25. The van der Waals surface area contributed by atoms with Crippen molar-refractivity contribution in [3.8, 4) is 33.4 Å². The Labute approximate surface area is 324 Å². The second-order valence-corrected chi connectivity index (χ2v) is 20.8. The zero-order chi connectivity index (χ0) is 37.1. The van der Waals surface area contributed by atoms with E-state index in [2.05, 4.69) is 208 Å². The molecule has 1 nitrogen and oxygen atoms in total. The van der Waals surface area contributed by atoms with Crippen LogP contribution in [0.1, 0.15) is 25.0 Å². The summed E-state index contributed by atoms with van der Waals surface area (Å²) >= 11 is 0. The largest absolute Gasteiger partial charge is 0.309 e. The van der Waals surface area contributed by atoms with Crippen molar-refractivity contribution in [3.05, 3.63) is 187 Å². The minimum atomic E-state index is -1.97. The zero-order valence-electron chi connectivity index (χ0n) is 31.7. The molecule has 262 valence electrons. The van der Waals surface area contributed by atoms with Gasteiger partial charge in [0, 0.05) is 27.6 Å². The maximum absolute atomic E-state index is 2.59. The van der Waals surface area contributed by atoms with E-state index in [0.29, 0.717) is 0 Å². The van der Waals surface area contributed by atoms with Gasteiger partial charge >= 0.3 is 0 Å². The second kappa shape index (κ2) is 11.6. The Hall–Kier alpha value is -6.22. The lowest BCUT2D eigenvalue weighted by atomic mass is 9.80. The molecule has 0 aromatic heterocycles. The number of para-hydroxylation sites is 2. The third-order valence-electron chi connectivity index (χ3n) is 12.8. The van der Waals surface area contributed by atoms with Crippen molar-refractivity contribution in [2.45, 2.75) is 32.4 Å². The maximum Gasteiger partial charge on any atom is 0.117 e. The summed E-state index contributed by atoms with van der Waals surface area (Å²) in [6.07, 6.45) is 0. The minimum absolute atomic E-state index is 0.0956. The Morgan fingerprint density at radius 1 is 0.418 bits per heavy atom. The first-order valence-corrected chi connectivity index (χ1v) is 22.5. The van der Waals surface area contributed by atoms with Gasteiger partial charge in [0.05, 0.1) is 5.69 Å². The van der Waals surface area contributed by atoms with Gasteiger partial charge in [0.1, 0.15) is 8.07 Å². The van der Waals surface area contributed by atoms with E-state index in [9.17, 15) is 0 Å². The summed E-state index contributed by atoms with van der Waals surface area (Å²) in [5, 5.41) is 10.5. The van der Waals surface area contributed by atoms with Crippen LogP contribution in [0.25, 0.3) is 65.7 Å². The number of hydrogen-bond donors (Lipinski definition) is 0. The standard InChI is InChI=1S/C53H41NSi/c1-53(2)45-20-10-9-17-39(45)40-29-28-38(33-46(40)53)51-41-18-7-8-19-42(41)52(54-47-21-11-13-23-49(47)55(3,4)50-24-14-12-22-48(50)54)43-30-27-37(32-44(43)51)36-26-25-34-15-5-6-16-35(34)31-36/h5-33H,1-4H3. The van der Waals surface area contributed by atoms with Crippen LogP contribution in [0.15, 0.2) is 176 Å². The fourth-order valence-corrected chi connectivity index (χ4v) is 13.0. The van der Waals surface area contributed by atoms with Crippen LogP contribution < -0.4 is 15.3 Å². The van der Waals surface area contributed by atoms with Crippen LogP contribution >= 0.6 is 0 Å². The summed E-state index contributed by atoms with van der Waals surface area (Å²) in [6, 6.07) is 66.4. The van der Waals surface area contributed by atoms with Crippen LogP contribution in [0.5, 0.6) is 0 Å². The van der Waals surface area contributed by atoms with E-state index in [0.717, 1.165) is 0 Å². The lowest BCUT2D eigenvalue weighted by molar-refractivity contribution is 0.660. The first-order valence-electron chi connectivity index (χ1n) is 19.5. The SMILES string of the molecule is CC1(C)c2ccccc2-c2ccc(-c3c4ccccc4c(N4c5ccccc5[Si](C)(C)c5ccccc54)c4ccc(-c5ccc6ccccc6c5)cc34)cc21. The van der Waals surface area contributed by atoms with Crippen molar-refractivity contribution in [1.29, 1.82) is 0 Å². The number of benzene rings is 9. The van der Waals surface area contributed by atoms with Crippen molar-refractivity contribution < 1.29 is 0 Å². The van der Waals surface area contributed by atoms with Crippen LogP contribution in [-0.2, 0) is 5.41 Å². The lowest BCUT2D eigenvalue weighted by Crippen LogP contribution is -2.58. The minimum Gasteiger partial charge on any atom is -0.309 e. The average Bonchev–Trinajstić information content (AvgIpc) is 3.45. The molecule has 0 spiro atoms. The van der Waals surface area contributed by atoms with Gasteiger partial charge in [0.25, 0.3) is 0 Å². The first kappa shape index (κ1) is 32.2. The highest BCUT2D eigenvalue weighted by Crippen LogP contribution is 2.53. The summed E-state index contributed by atoms with van der Waals surface area (Å²) in [5.41, 5.74) is 14.3. The highest BCUT2D eigenvalue weighted by atomic mass is 28.3. The monoisotopic (exact) mass is 719 g/mol. The number of anilines is 3. The van der Waals surface area contributed by atoms with E-state index >= 15 is 0 Å². The molecule has 0 fully saturated rings. The molecule has 0 amide bonds. The highest BCUT2D eigenvalue weighted by molar-refractivity contribution is 7.02. The molecule has 0 bridgehead atoms. The molecule has 2 heteroatoms. The molecule has 0 atom stereocenters. The molecular weight excluding hydrogens is 679 g/mol. The molecule has 1 aliphatic heterocycles. The fourth-order valence-electron chi connectivity index (χ4n) is 10.0. The molecule has 9 aromatic rings. The maximum atomic E-state index is 2.59. The lowest BCUT2D eigenvalue weighted by Gasteiger charge is -2.42. The molecule has 2 aliphatic rings. The summed E-state index contributed by atoms with van der Waals surface area (Å²) in [7, 11) is -1.97. The summed E-state index contributed by atoms with van der Waals surface area (Å²) in [5.74, 6) is 0. The molecule has 0 saturated carbocycles. The van der Waals surface area contributed by atoms with E-state index in [1.54, 1.807) is 0 Å². The van der Waals surface area contributed by atoms with Crippen molar-refractivity contribution in [2.24, 2.45) is 0 Å². The van der Waals surface area contributed by atoms with E-state index in [1.807, 2.05) is 0 Å². The van der Waals surface area contributed by atoms with Gasteiger partial charge in [-0.2, -0.15) is 0 Å². The molecule has 0 radical (unpaired) electrons. The molecular formula is C53H41NSi. The van der Waals surface area contributed by atoms with Gasteiger partial charge in [0.2, 0.25) is 0 Å².